The number of nitrogens with zero attached hydrogens (tertiary/aromatic N) is 2. The molecule has 2 N–H and O–H groups in total. The topological polar surface area (TPSA) is 74.7 Å². The Morgan fingerprint density at radius 2 is 1.81 bits per heavy atom. The van der Waals surface area contributed by atoms with Gasteiger partial charge in [-0.1, -0.05) is 12.1 Å². The van der Waals surface area contributed by atoms with Crippen LogP contribution in [-0.2, 0) is 15.1 Å². The van der Waals surface area contributed by atoms with Gasteiger partial charge in [-0.2, -0.15) is 13.2 Å². The van der Waals surface area contributed by atoms with Crippen LogP contribution in [0.5, 0.6) is 0 Å². The van der Waals surface area contributed by atoms with E-state index in [2.05, 4.69) is 15.2 Å². The van der Waals surface area contributed by atoms with Crippen LogP contribution in [0.15, 0.2) is 48.5 Å². The van der Waals surface area contributed by atoms with E-state index in [-0.39, 0.29) is 0 Å². The van der Waals surface area contributed by atoms with Crippen LogP contribution in [0.1, 0.15) is 11.4 Å². The number of hydrogen-bond donors (Lipinski definition) is 2. The van der Waals surface area contributed by atoms with E-state index in [0.717, 1.165) is 30.1 Å². The molecule has 1 fully saturated rings. The molecule has 0 aliphatic carbocycles. The van der Waals surface area contributed by atoms with Gasteiger partial charge in [-0.25, -0.2) is 4.98 Å². The van der Waals surface area contributed by atoms with Crippen LogP contribution >= 0.6 is 11.3 Å². The maximum absolute atomic E-state index is 13.8. The van der Waals surface area contributed by atoms with Crippen molar-refractivity contribution in [2.45, 2.75) is 18.2 Å². The Morgan fingerprint density at radius 1 is 1.13 bits per heavy atom. The normalized spacial score (nSPS) is 16.8. The van der Waals surface area contributed by atoms with E-state index in [1.807, 2.05) is 0 Å². The number of halogens is 3. The molecule has 2 heterocycles. The molecule has 1 atom stereocenters. The van der Waals surface area contributed by atoms with E-state index in [9.17, 15) is 23.1 Å². The number of benzene rings is 2. The predicted molar refractivity (Wildman–Crippen MR) is 112 cm³/mol. The fourth-order valence-corrected chi connectivity index (χ4v) is 4.43. The van der Waals surface area contributed by atoms with Crippen molar-refractivity contribution in [1.82, 2.24) is 4.98 Å². The van der Waals surface area contributed by atoms with Crippen LogP contribution in [0, 0.1) is 0 Å². The van der Waals surface area contributed by atoms with Crippen LogP contribution in [0.4, 0.5) is 24.5 Å². The zero-order chi connectivity index (χ0) is 22.1. The summed E-state index contributed by atoms with van der Waals surface area (Å²) < 4.78 is 47.2. The van der Waals surface area contributed by atoms with E-state index in [4.69, 9.17) is 4.74 Å². The molecule has 3 aromatic rings. The zero-order valence-electron chi connectivity index (χ0n) is 16.4. The van der Waals surface area contributed by atoms with Crippen molar-refractivity contribution in [3.63, 3.8) is 0 Å². The highest BCUT2D eigenvalue weighted by Gasteiger charge is 2.58. The molecule has 0 spiro atoms. The van der Waals surface area contributed by atoms with Gasteiger partial charge in [0.15, 0.2) is 0 Å². The largest absolute Gasteiger partial charge is 0.424 e. The van der Waals surface area contributed by atoms with Crippen LogP contribution in [-0.4, -0.2) is 48.5 Å². The standard InChI is InChI=1S/C21H20F3N3O3S/c22-21(23,24)20(29,19-26-16-3-1-2-4-17(16)31-19)13-18(28)25-14-5-7-15(8-6-14)27-9-11-30-12-10-27/h1-8,29H,9-13H2,(H,25,28)/t20-/m1/s1. The van der Waals surface area contributed by atoms with Crippen molar-refractivity contribution in [3.05, 3.63) is 53.5 Å². The predicted octanol–water partition coefficient (Wildman–Crippen LogP) is 3.91. The van der Waals surface area contributed by atoms with Gasteiger partial charge in [-0.05, 0) is 36.4 Å². The van der Waals surface area contributed by atoms with Gasteiger partial charge in [-0.3, -0.25) is 4.79 Å². The molecule has 10 heteroatoms. The molecule has 0 saturated carbocycles. The second-order valence-corrected chi connectivity index (χ2v) is 8.25. The number of carbonyl (C=O) groups excluding carboxylic acids is 1. The molecule has 1 aliphatic rings. The highest BCUT2D eigenvalue weighted by molar-refractivity contribution is 7.18. The van der Waals surface area contributed by atoms with Gasteiger partial charge in [0, 0.05) is 24.5 Å². The van der Waals surface area contributed by atoms with Crippen molar-refractivity contribution in [3.8, 4) is 0 Å². The van der Waals surface area contributed by atoms with Crippen molar-refractivity contribution < 1.29 is 27.8 Å². The third-order valence-electron chi connectivity index (χ3n) is 5.06. The van der Waals surface area contributed by atoms with Gasteiger partial charge in [-0.15, -0.1) is 11.3 Å². The number of thiazole rings is 1. The van der Waals surface area contributed by atoms with Crippen LogP contribution in [0.25, 0.3) is 10.2 Å². The highest BCUT2D eigenvalue weighted by atomic mass is 32.1. The van der Waals surface area contributed by atoms with Crippen LogP contribution in [0.2, 0.25) is 0 Å². The molecule has 1 aromatic heterocycles. The Hall–Kier alpha value is -2.69. The molecule has 2 aromatic carbocycles. The minimum atomic E-state index is -5.07. The number of nitrogens with one attached hydrogen (secondary N) is 1. The summed E-state index contributed by atoms with van der Waals surface area (Å²) in [5.41, 5.74) is -1.77. The maximum atomic E-state index is 13.8. The summed E-state index contributed by atoms with van der Waals surface area (Å²) in [5, 5.41) is 12.4. The molecule has 0 radical (unpaired) electrons. The molecular weight excluding hydrogens is 431 g/mol. The fourth-order valence-electron chi connectivity index (χ4n) is 3.36. The summed E-state index contributed by atoms with van der Waals surface area (Å²) in [6.45, 7) is 2.74. The van der Waals surface area contributed by atoms with E-state index >= 15 is 0 Å². The molecule has 1 saturated heterocycles. The summed E-state index contributed by atoms with van der Waals surface area (Å²) in [4.78, 5) is 18.5. The first-order chi connectivity index (χ1) is 14.8. The number of para-hydroxylation sites is 1. The Balaban J connectivity index is 1.50. The molecular formula is C21H20F3N3O3S. The summed E-state index contributed by atoms with van der Waals surface area (Å²) in [7, 11) is 0. The Morgan fingerprint density at radius 3 is 2.45 bits per heavy atom. The molecule has 1 aliphatic heterocycles. The average molecular weight is 451 g/mol. The number of ether oxygens (including phenoxy) is 1. The number of rotatable bonds is 5. The maximum Gasteiger partial charge on any atom is 0.424 e. The molecule has 1 amide bonds. The van der Waals surface area contributed by atoms with E-state index in [1.165, 1.54) is 0 Å². The number of morpholine rings is 1. The molecule has 31 heavy (non-hydrogen) atoms. The first kappa shape index (κ1) is 21.5. The molecule has 0 unspecified atom stereocenters. The molecule has 164 valence electrons. The SMILES string of the molecule is O=C(C[C@@](O)(c1nc2ccccc2s1)C(F)(F)F)Nc1ccc(N2CCOCC2)cc1. The lowest BCUT2D eigenvalue weighted by Gasteiger charge is -2.29. The third kappa shape index (κ3) is 4.51. The molecule has 6 nitrogen and oxygen atoms in total. The number of fused-ring (bicyclic) bond motifs is 1. The van der Waals surface area contributed by atoms with E-state index < -0.39 is 29.1 Å². The van der Waals surface area contributed by atoms with Gasteiger partial charge in [0.1, 0.15) is 5.01 Å². The Bertz CT molecular complexity index is 1030. The summed E-state index contributed by atoms with van der Waals surface area (Å²) in [6, 6.07) is 13.3. The van der Waals surface area contributed by atoms with Crippen molar-refractivity contribution >= 4 is 38.8 Å². The van der Waals surface area contributed by atoms with Gasteiger partial charge in [0.2, 0.25) is 11.5 Å². The minimum Gasteiger partial charge on any atom is -0.378 e. The quantitative estimate of drug-likeness (QED) is 0.615. The summed E-state index contributed by atoms with van der Waals surface area (Å²) in [6.07, 6.45) is -6.26. The lowest BCUT2D eigenvalue weighted by Crippen LogP contribution is -2.45. The number of aromatic nitrogens is 1. The van der Waals surface area contributed by atoms with Crippen molar-refractivity contribution in [2.24, 2.45) is 0 Å². The Kier molecular flexibility index (Phi) is 5.87. The number of aliphatic hydroxyl groups is 1. The minimum absolute atomic E-state index is 0.337. The molecule has 4 rings (SSSR count). The van der Waals surface area contributed by atoms with Crippen LogP contribution in [0.3, 0.4) is 0 Å². The second kappa shape index (κ2) is 8.45. The monoisotopic (exact) mass is 451 g/mol. The number of carbonyl (C=O) groups is 1. The van der Waals surface area contributed by atoms with Crippen molar-refractivity contribution in [1.29, 1.82) is 0 Å². The van der Waals surface area contributed by atoms with Gasteiger partial charge in [0.25, 0.3) is 0 Å². The van der Waals surface area contributed by atoms with E-state index in [1.54, 1.807) is 48.5 Å². The molecule has 0 bridgehead atoms. The van der Waals surface area contributed by atoms with E-state index in [0.29, 0.717) is 29.1 Å². The number of amides is 1. The smallest absolute Gasteiger partial charge is 0.378 e. The number of anilines is 2. The lowest BCUT2D eigenvalue weighted by molar-refractivity contribution is -0.266. The van der Waals surface area contributed by atoms with Crippen molar-refractivity contribution in [2.75, 3.05) is 36.5 Å². The van der Waals surface area contributed by atoms with Gasteiger partial charge < -0.3 is 20.1 Å². The lowest BCUT2D eigenvalue weighted by atomic mass is 9.99. The van der Waals surface area contributed by atoms with Crippen LogP contribution < -0.4 is 10.2 Å². The zero-order valence-corrected chi connectivity index (χ0v) is 17.2. The third-order valence-corrected chi connectivity index (χ3v) is 6.25. The van der Waals surface area contributed by atoms with Gasteiger partial charge >= 0.3 is 6.18 Å². The highest BCUT2D eigenvalue weighted by Crippen LogP contribution is 2.44. The first-order valence-corrected chi connectivity index (χ1v) is 10.5. The average Bonchev–Trinajstić information content (AvgIpc) is 3.19. The summed E-state index contributed by atoms with van der Waals surface area (Å²) in [5.74, 6) is -0.960. The second-order valence-electron chi connectivity index (χ2n) is 7.22. The first-order valence-electron chi connectivity index (χ1n) is 9.64. The number of hydrogen-bond acceptors (Lipinski definition) is 6. The number of alkyl halides is 3. The summed E-state index contributed by atoms with van der Waals surface area (Å²) >= 11 is 0.720. The fraction of sp³-hybridized carbons (Fsp3) is 0.333. The Labute approximate surface area is 180 Å². The van der Waals surface area contributed by atoms with Gasteiger partial charge in [0.05, 0.1) is 29.9 Å².